The van der Waals surface area contributed by atoms with Crippen LogP contribution >= 0.6 is 0 Å². The number of carbonyl (C=O) groups excluding carboxylic acids is 1. The van der Waals surface area contributed by atoms with Crippen LogP contribution in [0, 0.1) is 5.92 Å². The van der Waals surface area contributed by atoms with Crippen LogP contribution in [0.25, 0.3) is 0 Å². The van der Waals surface area contributed by atoms with Gasteiger partial charge in [0.1, 0.15) is 5.75 Å². The van der Waals surface area contributed by atoms with Gasteiger partial charge in [-0.05, 0) is 61.8 Å². The summed E-state index contributed by atoms with van der Waals surface area (Å²) in [6.45, 7) is 3.05. The van der Waals surface area contributed by atoms with Gasteiger partial charge < -0.3 is 15.4 Å². The molecule has 2 N–H and O–H groups in total. The first-order valence-electron chi connectivity index (χ1n) is 10.4. The molecule has 0 spiro atoms. The van der Waals surface area contributed by atoms with Crippen LogP contribution in [0.5, 0.6) is 5.75 Å². The summed E-state index contributed by atoms with van der Waals surface area (Å²) in [5, 5.41) is 6.78. The van der Waals surface area contributed by atoms with Crippen molar-refractivity contribution < 1.29 is 17.9 Å². The van der Waals surface area contributed by atoms with Crippen LogP contribution in [0.4, 0.5) is 0 Å². The zero-order valence-electron chi connectivity index (χ0n) is 16.3. The van der Waals surface area contributed by atoms with Gasteiger partial charge in [0.2, 0.25) is 5.05 Å². The average Bonchev–Trinajstić information content (AvgIpc) is 3.34. The van der Waals surface area contributed by atoms with Crippen LogP contribution in [0.2, 0.25) is 0 Å². The lowest BCUT2D eigenvalue weighted by molar-refractivity contribution is 0.0922. The molecule has 1 amide bonds. The van der Waals surface area contributed by atoms with Crippen molar-refractivity contribution in [2.24, 2.45) is 5.92 Å². The molecule has 2 fully saturated rings. The first kappa shape index (κ1) is 19.5. The molecule has 1 aromatic rings. The van der Waals surface area contributed by atoms with Crippen molar-refractivity contribution in [3.8, 4) is 5.75 Å². The summed E-state index contributed by atoms with van der Waals surface area (Å²) in [7, 11) is -2.40. The molecular weight excluding hydrogens is 376 g/mol. The Morgan fingerprint density at radius 1 is 1.29 bits per heavy atom. The lowest BCUT2D eigenvalue weighted by Gasteiger charge is -2.27. The fraction of sp³-hybridized carbons (Fsp3) is 0.619. The summed E-state index contributed by atoms with van der Waals surface area (Å²) in [4.78, 5) is 13.2. The third-order valence-corrected chi connectivity index (χ3v) is 6.72. The fourth-order valence-corrected chi connectivity index (χ4v) is 4.71. The first-order chi connectivity index (χ1) is 13.5. The normalized spacial score (nSPS) is 22.3. The largest absolute Gasteiger partial charge is 0.444 e. The molecule has 2 aliphatic heterocycles. The molecule has 1 saturated carbocycles. The van der Waals surface area contributed by atoms with E-state index in [0.717, 1.165) is 43.4 Å². The Kier molecular flexibility index (Phi) is 5.73. The van der Waals surface area contributed by atoms with Crippen molar-refractivity contribution in [3.05, 3.63) is 28.8 Å². The molecule has 4 rings (SSSR count). The Morgan fingerprint density at radius 2 is 2.11 bits per heavy atom. The Hall–Kier alpha value is -1.86. The van der Waals surface area contributed by atoms with Crippen LogP contribution in [-0.4, -0.2) is 38.0 Å². The second kappa shape index (κ2) is 8.25. The van der Waals surface area contributed by atoms with E-state index in [1.807, 2.05) is 12.1 Å². The van der Waals surface area contributed by atoms with Gasteiger partial charge in [0.05, 0.1) is 5.56 Å². The minimum atomic E-state index is -2.40. The summed E-state index contributed by atoms with van der Waals surface area (Å²) < 4.78 is 28.4. The quantitative estimate of drug-likeness (QED) is 0.711. The van der Waals surface area contributed by atoms with E-state index in [0.29, 0.717) is 36.1 Å². The van der Waals surface area contributed by atoms with Gasteiger partial charge in [-0.3, -0.25) is 4.79 Å². The molecule has 0 bridgehead atoms. The molecular formula is C21H28N2O4S. The number of hydrogen-bond donors (Lipinski definition) is 2. The maximum Gasteiger partial charge on any atom is 0.255 e. The third kappa shape index (κ3) is 4.25. The molecule has 1 aromatic carbocycles. The molecule has 6 nitrogen and oxygen atoms in total. The fourth-order valence-electron chi connectivity index (χ4n) is 4.29. The Morgan fingerprint density at radius 3 is 2.75 bits per heavy atom. The van der Waals surface area contributed by atoms with Gasteiger partial charge in [0.25, 0.3) is 16.2 Å². The van der Waals surface area contributed by atoms with E-state index in [1.165, 1.54) is 12.8 Å². The molecule has 1 aliphatic carbocycles. The SMILES string of the molecule is CCc1cc2c(c(C(=O)NC(CC3CC3)C3CCCN3)c1)OC(=S(=O)=O)CC2. The van der Waals surface area contributed by atoms with Crippen LogP contribution in [-0.2, 0) is 23.1 Å². The second-order valence-corrected chi connectivity index (χ2v) is 9.08. The predicted molar refractivity (Wildman–Crippen MR) is 108 cm³/mol. The van der Waals surface area contributed by atoms with Crippen LogP contribution in [0.15, 0.2) is 12.1 Å². The zero-order chi connectivity index (χ0) is 19.7. The van der Waals surface area contributed by atoms with Crippen molar-refractivity contribution in [1.82, 2.24) is 10.6 Å². The van der Waals surface area contributed by atoms with Crippen molar-refractivity contribution in [2.45, 2.75) is 70.4 Å². The molecule has 7 heteroatoms. The number of nitrogens with one attached hydrogen (secondary N) is 2. The number of aryl methyl sites for hydroxylation is 2. The first-order valence-corrected chi connectivity index (χ1v) is 11.5. The van der Waals surface area contributed by atoms with Gasteiger partial charge in [-0.15, -0.1) is 0 Å². The topological polar surface area (TPSA) is 84.5 Å². The maximum atomic E-state index is 13.2. The lowest BCUT2D eigenvalue weighted by Crippen LogP contribution is -2.47. The average molecular weight is 405 g/mol. The van der Waals surface area contributed by atoms with Gasteiger partial charge in [-0.25, -0.2) is 0 Å². The van der Waals surface area contributed by atoms with Gasteiger partial charge >= 0.3 is 0 Å². The number of fused-ring (bicyclic) bond motifs is 1. The maximum absolute atomic E-state index is 13.2. The van der Waals surface area contributed by atoms with Crippen molar-refractivity contribution in [1.29, 1.82) is 0 Å². The van der Waals surface area contributed by atoms with Crippen molar-refractivity contribution in [2.75, 3.05) is 6.54 Å². The highest BCUT2D eigenvalue weighted by Crippen LogP contribution is 2.36. The highest BCUT2D eigenvalue weighted by atomic mass is 32.2. The van der Waals surface area contributed by atoms with Gasteiger partial charge in [-0.2, -0.15) is 8.42 Å². The summed E-state index contributed by atoms with van der Waals surface area (Å²) >= 11 is 0. The van der Waals surface area contributed by atoms with E-state index in [4.69, 9.17) is 4.74 Å². The number of ether oxygens (including phenoxy) is 1. The predicted octanol–water partition coefficient (Wildman–Crippen LogP) is 2.23. The summed E-state index contributed by atoms with van der Waals surface area (Å²) in [6, 6.07) is 4.29. The monoisotopic (exact) mass is 404 g/mol. The van der Waals surface area contributed by atoms with Crippen LogP contribution in [0.3, 0.4) is 0 Å². The Balaban J connectivity index is 1.62. The molecule has 0 radical (unpaired) electrons. The second-order valence-electron chi connectivity index (χ2n) is 8.16. The minimum absolute atomic E-state index is 0.0118. The van der Waals surface area contributed by atoms with E-state index in [2.05, 4.69) is 17.6 Å². The van der Waals surface area contributed by atoms with E-state index < -0.39 is 10.3 Å². The Labute approximate surface area is 167 Å². The summed E-state index contributed by atoms with van der Waals surface area (Å²) in [5.41, 5.74) is 2.43. The van der Waals surface area contributed by atoms with Gasteiger partial charge in [0.15, 0.2) is 0 Å². The summed E-state index contributed by atoms with van der Waals surface area (Å²) in [6.07, 6.45) is 7.44. The molecule has 1 saturated heterocycles. The van der Waals surface area contributed by atoms with Crippen molar-refractivity contribution >= 4 is 21.3 Å². The summed E-state index contributed by atoms with van der Waals surface area (Å²) in [5.74, 6) is 0.955. The molecule has 0 aromatic heterocycles. The van der Waals surface area contributed by atoms with E-state index in [9.17, 15) is 13.2 Å². The smallest absolute Gasteiger partial charge is 0.255 e. The molecule has 152 valence electrons. The van der Waals surface area contributed by atoms with Crippen LogP contribution < -0.4 is 15.4 Å². The van der Waals surface area contributed by atoms with E-state index in [-0.39, 0.29) is 17.0 Å². The van der Waals surface area contributed by atoms with Gasteiger partial charge in [0, 0.05) is 18.5 Å². The van der Waals surface area contributed by atoms with Gasteiger partial charge in [-0.1, -0.05) is 25.8 Å². The number of carbonyl (C=O) groups is 1. The molecule has 2 heterocycles. The Bertz CT molecular complexity index is 891. The third-order valence-electron chi connectivity index (χ3n) is 6.06. The number of hydrogen-bond acceptors (Lipinski definition) is 5. The molecule has 3 aliphatic rings. The minimum Gasteiger partial charge on any atom is -0.444 e. The molecule has 28 heavy (non-hydrogen) atoms. The number of amides is 1. The van der Waals surface area contributed by atoms with E-state index in [1.54, 1.807) is 0 Å². The lowest BCUT2D eigenvalue weighted by atomic mass is 9.96. The van der Waals surface area contributed by atoms with Crippen molar-refractivity contribution in [3.63, 3.8) is 0 Å². The standard InChI is InChI=1S/C21H28N2O4S/c1-2-13-10-15-7-8-19(28(25)26)27-20(15)16(11-13)21(24)23-18(12-14-5-6-14)17-4-3-9-22-17/h10-11,14,17-18,22H,2-9,12H2,1H3,(H,23,24). The number of rotatable bonds is 6. The molecule has 2 atom stereocenters. The zero-order valence-corrected chi connectivity index (χ0v) is 17.1. The highest BCUT2D eigenvalue weighted by Gasteiger charge is 2.33. The highest BCUT2D eigenvalue weighted by molar-refractivity contribution is 7.72. The molecule has 2 unspecified atom stereocenters. The van der Waals surface area contributed by atoms with E-state index >= 15 is 0 Å². The number of benzene rings is 1. The van der Waals surface area contributed by atoms with Crippen LogP contribution in [0.1, 0.15) is 66.9 Å².